The van der Waals surface area contributed by atoms with Crippen molar-refractivity contribution in [3.8, 4) is 11.3 Å². The summed E-state index contributed by atoms with van der Waals surface area (Å²) >= 11 is 0. The first kappa shape index (κ1) is 18.1. The maximum Gasteiger partial charge on any atom is 0.269 e. The smallest absolute Gasteiger partial charge is 0.269 e. The highest BCUT2D eigenvalue weighted by atomic mass is 16.6. The summed E-state index contributed by atoms with van der Waals surface area (Å²) in [4.78, 5) is 22.1. The number of nitro benzene ring substituents is 1. The van der Waals surface area contributed by atoms with Gasteiger partial charge in [-0.3, -0.25) is 14.9 Å². The van der Waals surface area contributed by atoms with Crippen molar-refractivity contribution in [2.75, 3.05) is 0 Å². The molecule has 1 heterocycles. The summed E-state index contributed by atoms with van der Waals surface area (Å²) < 4.78 is 5.31. The standard InChI is InChI=1S/C20H17N3O4/c1-14-2-7-16(8-3-14)19-12-17(22-27-19)13-21-20(24)11-6-15-4-9-18(10-5-15)23(25)26/h2-12H,13H2,1H3,(H,21,24)/b11-6-. The number of non-ortho nitro benzene ring substituents is 1. The Balaban J connectivity index is 1.54. The van der Waals surface area contributed by atoms with Crippen molar-refractivity contribution < 1.29 is 14.2 Å². The summed E-state index contributed by atoms with van der Waals surface area (Å²) in [6.07, 6.45) is 2.95. The summed E-state index contributed by atoms with van der Waals surface area (Å²) in [5.41, 5.74) is 3.39. The van der Waals surface area contributed by atoms with Gasteiger partial charge >= 0.3 is 0 Å². The molecule has 0 spiro atoms. The summed E-state index contributed by atoms with van der Waals surface area (Å²) in [7, 11) is 0. The van der Waals surface area contributed by atoms with Crippen LogP contribution >= 0.6 is 0 Å². The lowest BCUT2D eigenvalue weighted by Gasteiger charge is -1.98. The zero-order valence-electron chi connectivity index (χ0n) is 14.6. The number of hydrogen-bond donors (Lipinski definition) is 1. The third-order valence-corrected chi connectivity index (χ3v) is 3.87. The van der Waals surface area contributed by atoms with E-state index in [9.17, 15) is 14.9 Å². The molecule has 1 N–H and O–H groups in total. The van der Waals surface area contributed by atoms with Crippen molar-refractivity contribution in [2.45, 2.75) is 13.5 Å². The molecule has 0 unspecified atom stereocenters. The van der Waals surface area contributed by atoms with Gasteiger partial charge in [0.1, 0.15) is 5.69 Å². The average molecular weight is 363 g/mol. The molecule has 0 aliphatic rings. The fraction of sp³-hybridized carbons (Fsp3) is 0.100. The summed E-state index contributed by atoms with van der Waals surface area (Å²) in [6, 6.07) is 15.6. The number of aromatic nitrogens is 1. The SMILES string of the molecule is Cc1ccc(-c2cc(CNC(=O)/C=C\c3ccc([N+](=O)[O-])cc3)no2)cc1. The molecule has 0 fully saturated rings. The number of rotatable bonds is 6. The molecule has 0 bridgehead atoms. The van der Waals surface area contributed by atoms with E-state index in [4.69, 9.17) is 4.52 Å². The predicted octanol–water partition coefficient (Wildman–Crippen LogP) is 3.89. The van der Waals surface area contributed by atoms with Crippen LogP contribution in [0.4, 0.5) is 5.69 Å². The number of benzene rings is 2. The van der Waals surface area contributed by atoms with Crippen LogP contribution in [-0.4, -0.2) is 16.0 Å². The molecule has 1 aromatic heterocycles. The van der Waals surface area contributed by atoms with E-state index in [2.05, 4.69) is 10.5 Å². The van der Waals surface area contributed by atoms with E-state index in [1.54, 1.807) is 24.3 Å². The molecule has 0 atom stereocenters. The minimum absolute atomic E-state index is 0.00649. The van der Waals surface area contributed by atoms with Gasteiger partial charge in [0.15, 0.2) is 5.76 Å². The normalized spacial score (nSPS) is 10.9. The fourth-order valence-electron chi connectivity index (χ4n) is 2.36. The molecular weight excluding hydrogens is 346 g/mol. The maximum atomic E-state index is 11.9. The van der Waals surface area contributed by atoms with Crippen LogP contribution in [0.2, 0.25) is 0 Å². The monoisotopic (exact) mass is 363 g/mol. The zero-order valence-corrected chi connectivity index (χ0v) is 14.6. The Kier molecular flexibility index (Phi) is 5.41. The second kappa shape index (κ2) is 8.09. The number of nitrogens with zero attached hydrogens (tertiary/aromatic N) is 2. The van der Waals surface area contributed by atoms with Crippen molar-refractivity contribution in [3.63, 3.8) is 0 Å². The second-order valence-electron chi connectivity index (χ2n) is 5.95. The second-order valence-corrected chi connectivity index (χ2v) is 5.95. The molecule has 1 amide bonds. The minimum atomic E-state index is -0.469. The molecule has 27 heavy (non-hydrogen) atoms. The lowest BCUT2D eigenvalue weighted by atomic mass is 10.1. The summed E-state index contributed by atoms with van der Waals surface area (Å²) in [5.74, 6) is 0.342. The van der Waals surface area contributed by atoms with Crippen LogP contribution in [0.15, 0.2) is 65.2 Å². The molecule has 3 aromatic rings. The van der Waals surface area contributed by atoms with Gasteiger partial charge in [0, 0.05) is 29.8 Å². The Bertz CT molecular complexity index is 973. The number of carbonyl (C=O) groups excluding carboxylic acids is 1. The average Bonchev–Trinajstić information content (AvgIpc) is 3.14. The van der Waals surface area contributed by atoms with Gasteiger partial charge in [0.05, 0.1) is 11.5 Å². The van der Waals surface area contributed by atoms with Crippen molar-refractivity contribution >= 4 is 17.7 Å². The molecular formula is C20H17N3O4. The van der Waals surface area contributed by atoms with Gasteiger partial charge < -0.3 is 9.84 Å². The molecule has 7 heteroatoms. The zero-order chi connectivity index (χ0) is 19.2. The van der Waals surface area contributed by atoms with Crippen LogP contribution in [0.1, 0.15) is 16.8 Å². The number of nitrogens with one attached hydrogen (secondary N) is 1. The highest BCUT2D eigenvalue weighted by Gasteiger charge is 2.07. The first-order chi connectivity index (χ1) is 13.0. The highest BCUT2D eigenvalue weighted by molar-refractivity contribution is 5.91. The van der Waals surface area contributed by atoms with Gasteiger partial charge in [-0.1, -0.05) is 35.0 Å². The minimum Gasteiger partial charge on any atom is -0.356 e. The Hall–Kier alpha value is -3.74. The Morgan fingerprint density at radius 3 is 2.56 bits per heavy atom. The molecule has 7 nitrogen and oxygen atoms in total. The van der Waals surface area contributed by atoms with Crippen LogP contribution < -0.4 is 5.32 Å². The third-order valence-electron chi connectivity index (χ3n) is 3.87. The van der Waals surface area contributed by atoms with E-state index in [1.165, 1.54) is 18.2 Å². The van der Waals surface area contributed by atoms with Crippen molar-refractivity contribution in [1.29, 1.82) is 0 Å². The van der Waals surface area contributed by atoms with Crippen LogP contribution in [0, 0.1) is 17.0 Å². The van der Waals surface area contributed by atoms with Gasteiger partial charge in [0.25, 0.3) is 5.69 Å². The Morgan fingerprint density at radius 2 is 1.89 bits per heavy atom. The van der Waals surface area contributed by atoms with Gasteiger partial charge in [-0.25, -0.2) is 0 Å². The van der Waals surface area contributed by atoms with Crippen molar-refractivity contribution in [1.82, 2.24) is 10.5 Å². The highest BCUT2D eigenvalue weighted by Crippen LogP contribution is 2.20. The summed E-state index contributed by atoms with van der Waals surface area (Å²) in [6.45, 7) is 2.24. The molecule has 0 aliphatic heterocycles. The number of nitro groups is 1. The van der Waals surface area contributed by atoms with E-state index >= 15 is 0 Å². The maximum absolute atomic E-state index is 11.9. The quantitative estimate of drug-likeness (QED) is 0.407. The van der Waals surface area contributed by atoms with E-state index in [-0.39, 0.29) is 18.1 Å². The van der Waals surface area contributed by atoms with Gasteiger partial charge in [-0.2, -0.15) is 0 Å². The van der Waals surface area contributed by atoms with Gasteiger partial charge in [0.2, 0.25) is 5.91 Å². The predicted molar refractivity (Wildman–Crippen MR) is 101 cm³/mol. The number of amides is 1. The third kappa shape index (κ3) is 4.88. The molecule has 2 aromatic carbocycles. The van der Waals surface area contributed by atoms with Crippen LogP contribution in [0.3, 0.4) is 0 Å². The molecule has 0 aliphatic carbocycles. The van der Waals surface area contributed by atoms with E-state index in [1.807, 2.05) is 31.2 Å². The lowest BCUT2D eigenvalue weighted by molar-refractivity contribution is -0.384. The number of carbonyl (C=O) groups is 1. The molecule has 3 rings (SSSR count). The van der Waals surface area contributed by atoms with Crippen molar-refractivity contribution in [3.05, 3.63) is 87.6 Å². The lowest BCUT2D eigenvalue weighted by Crippen LogP contribution is -2.20. The number of aryl methyl sites for hydroxylation is 1. The van der Waals surface area contributed by atoms with E-state index in [0.717, 1.165) is 11.1 Å². The Labute approximate surface area is 155 Å². The van der Waals surface area contributed by atoms with Gasteiger partial charge in [-0.15, -0.1) is 0 Å². The largest absolute Gasteiger partial charge is 0.356 e. The molecule has 136 valence electrons. The fourth-order valence-corrected chi connectivity index (χ4v) is 2.36. The van der Waals surface area contributed by atoms with Crippen molar-refractivity contribution in [2.24, 2.45) is 0 Å². The first-order valence-electron chi connectivity index (χ1n) is 8.24. The molecule has 0 saturated heterocycles. The van der Waals surface area contributed by atoms with Crippen LogP contribution in [-0.2, 0) is 11.3 Å². The number of hydrogen-bond acceptors (Lipinski definition) is 5. The first-order valence-corrected chi connectivity index (χ1v) is 8.24. The van der Waals surface area contributed by atoms with Crippen LogP contribution in [0.5, 0.6) is 0 Å². The Morgan fingerprint density at radius 1 is 1.19 bits per heavy atom. The van der Waals surface area contributed by atoms with Gasteiger partial charge in [-0.05, 0) is 30.7 Å². The summed E-state index contributed by atoms with van der Waals surface area (Å²) in [5, 5.41) is 17.3. The molecule has 0 radical (unpaired) electrons. The topological polar surface area (TPSA) is 98.3 Å². The molecule has 0 saturated carbocycles. The van der Waals surface area contributed by atoms with Crippen LogP contribution in [0.25, 0.3) is 17.4 Å². The van der Waals surface area contributed by atoms with E-state index in [0.29, 0.717) is 17.0 Å². The van der Waals surface area contributed by atoms with E-state index < -0.39 is 4.92 Å².